The number of amides is 1. The van der Waals surface area contributed by atoms with Crippen LogP contribution in [0.1, 0.15) is 41.3 Å². The molecule has 0 aliphatic carbocycles. The maximum atomic E-state index is 14.1. The van der Waals surface area contributed by atoms with Crippen molar-refractivity contribution in [3.8, 4) is 5.75 Å². The number of rotatable bonds is 4. The molecule has 0 heterocycles. The smallest absolute Gasteiger partial charge is 0.446 e. The van der Waals surface area contributed by atoms with Crippen LogP contribution in [0.2, 0.25) is 5.02 Å². The number of nitrogens with one attached hydrogen (secondary N) is 1. The summed E-state index contributed by atoms with van der Waals surface area (Å²) >= 11 is 5.61. The molecule has 0 fully saturated rings. The lowest BCUT2D eigenvalue weighted by atomic mass is 9.95. The van der Waals surface area contributed by atoms with E-state index in [0.717, 1.165) is 12.1 Å². The van der Waals surface area contributed by atoms with Gasteiger partial charge < -0.3 is 10.4 Å². The van der Waals surface area contributed by atoms with E-state index in [1.54, 1.807) is 13.8 Å². The summed E-state index contributed by atoms with van der Waals surface area (Å²) in [6.45, 7) is 4.82. The molecule has 0 unspecified atom stereocenters. The molecule has 2 rings (SSSR count). The number of carbonyl (C=O) groups excluding carboxylic acids is 1. The molecule has 2 aromatic carbocycles. The van der Waals surface area contributed by atoms with Crippen molar-refractivity contribution >= 4 is 35.0 Å². The Morgan fingerprint density at radius 1 is 1.26 bits per heavy atom. The summed E-state index contributed by atoms with van der Waals surface area (Å²) < 4.78 is 51.4. The van der Waals surface area contributed by atoms with Crippen LogP contribution in [0.5, 0.6) is 5.75 Å². The van der Waals surface area contributed by atoms with E-state index in [-0.39, 0.29) is 55.7 Å². The van der Waals surface area contributed by atoms with Gasteiger partial charge in [0.1, 0.15) is 11.6 Å². The third-order valence-corrected chi connectivity index (χ3v) is 4.83. The highest BCUT2D eigenvalue weighted by Crippen LogP contribution is 2.39. The minimum absolute atomic E-state index is 0.0438. The summed E-state index contributed by atoms with van der Waals surface area (Å²) in [5.41, 5.74) is -4.45. The summed E-state index contributed by atoms with van der Waals surface area (Å²) in [7, 11) is 0. The molecule has 0 aromatic heterocycles. The van der Waals surface area contributed by atoms with Gasteiger partial charge >= 0.3 is 5.51 Å². The van der Waals surface area contributed by atoms with Crippen LogP contribution in [0.4, 0.5) is 23.2 Å². The first kappa shape index (κ1) is 21.4. The Labute approximate surface area is 162 Å². The third-order valence-electron chi connectivity index (χ3n) is 3.80. The molecule has 0 saturated heterocycles. The van der Waals surface area contributed by atoms with E-state index in [2.05, 4.69) is 5.32 Å². The monoisotopic (exact) mass is 421 g/mol. The predicted octanol–water partition coefficient (Wildman–Crippen LogP) is 6.48. The summed E-state index contributed by atoms with van der Waals surface area (Å²) in [5, 5.41) is 12.7. The first-order valence-corrected chi connectivity index (χ1v) is 8.98. The first-order chi connectivity index (χ1) is 12.4. The van der Waals surface area contributed by atoms with Gasteiger partial charge in [-0.2, -0.15) is 13.2 Å². The number of carbonyl (C=O) groups is 1. The lowest BCUT2D eigenvalue weighted by Gasteiger charge is -2.16. The van der Waals surface area contributed by atoms with E-state index in [4.69, 9.17) is 11.6 Å². The van der Waals surface area contributed by atoms with Gasteiger partial charge in [-0.3, -0.25) is 4.79 Å². The molecule has 0 aliphatic rings. The standard InChI is InChI=1S/C18H16ClF4NO2S/c1-8(2)11-7-13(20)9(3)15(16(11)25)17(26)24-14-5-4-10(6-12(14)19)27-18(21,22)23/h4-8,25H,1-3H3,(H,24,26). The molecule has 0 aliphatic heterocycles. The van der Waals surface area contributed by atoms with Gasteiger partial charge in [-0.05, 0) is 48.9 Å². The lowest BCUT2D eigenvalue weighted by molar-refractivity contribution is -0.0328. The van der Waals surface area contributed by atoms with Crippen molar-refractivity contribution < 1.29 is 27.5 Å². The maximum Gasteiger partial charge on any atom is 0.446 e. The molecular weight excluding hydrogens is 406 g/mol. The van der Waals surface area contributed by atoms with Crippen molar-refractivity contribution in [3.05, 3.63) is 51.8 Å². The molecule has 0 bridgehead atoms. The molecule has 0 saturated carbocycles. The highest BCUT2D eigenvalue weighted by Gasteiger charge is 2.29. The minimum Gasteiger partial charge on any atom is -0.507 e. The van der Waals surface area contributed by atoms with Gasteiger partial charge in [-0.1, -0.05) is 25.4 Å². The second-order valence-corrected chi connectivity index (χ2v) is 7.64. The highest BCUT2D eigenvalue weighted by atomic mass is 35.5. The Kier molecular flexibility index (Phi) is 6.32. The number of phenolic OH excluding ortho intramolecular Hbond substituents is 1. The Bertz CT molecular complexity index is 885. The number of thioether (sulfide) groups is 1. The zero-order valence-corrected chi connectivity index (χ0v) is 16.1. The van der Waals surface area contributed by atoms with Gasteiger partial charge in [-0.15, -0.1) is 0 Å². The first-order valence-electron chi connectivity index (χ1n) is 7.79. The van der Waals surface area contributed by atoms with Crippen molar-refractivity contribution in [2.45, 2.75) is 37.1 Å². The van der Waals surface area contributed by atoms with Crippen molar-refractivity contribution in [2.24, 2.45) is 0 Å². The number of alkyl halides is 3. The van der Waals surface area contributed by atoms with Crippen LogP contribution >= 0.6 is 23.4 Å². The normalized spacial score (nSPS) is 11.7. The molecular formula is C18H16ClF4NO2S. The van der Waals surface area contributed by atoms with Crippen LogP contribution in [-0.4, -0.2) is 16.5 Å². The zero-order chi connectivity index (χ0) is 20.5. The Balaban J connectivity index is 2.36. The van der Waals surface area contributed by atoms with Crippen molar-refractivity contribution in [3.63, 3.8) is 0 Å². The number of hydrogen-bond donors (Lipinski definition) is 2. The van der Waals surface area contributed by atoms with E-state index in [0.29, 0.717) is 0 Å². The molecule has 2 N–H and O–H groups in total. The minimum atomic E-state index is -4.47. The van der Waals surface area contributed by atoms with Gasteiger partial charge in [0.2, 0.25) is 0 Å². The SMILES string of the molecule is Cc1c(F)cc(C(C)C)c(O)c1C(=O)Nc1ccc(SC(F)(F)F)cc1Cl. The van der Waals surface area contributed by atoms with Gasteiger partial charge in [-0.25, -0.2) is 4.39 Å². The van der Waals surface area contributed by atoms with Gasteiger partial charge in [0, 0.05) is 16.0 Å². The largest absolute Gasteiger partial charge is 0.507 e. The molecule has 27 heavy (non-hydrogen) atoms. The van der Waals surface area contributed by atoms with Crippen molar-refractivity contribution in [1.29, 1.82) is 0 Å². The fourth-order valence-corrected chi connectivity index (χ4v) is 3.32. The highest BCUT2D eigenvalue weighted by molar-refractivity contribution is 8.00. The summed E-state index contributed by atoms with van der Waals surface area (Å²) in [5.74, 6) is -2.04. The summed E-state index contributed by atoms with van der Waals surface area (Å²) in [4.78, 5) is 12.4. The topological polar surface area (TPSA) is 49.3 Å². The van der Waals surface area contributed by atoms with E-state index in [1.165, 1.54) is 19.1 Å². The van der Waals surface area contributed by atoms with E-state index >= 15 is 0 Å². The van der Waals surface area contributed by atoms with Gasteiger partial charge in [0.25, 0.3) is 5.91 Å². The maximum absolute atomic E-state index is 14.1. The van der Waals surface area contributed by atoms with E-state index in [1.807, 2.05) is 0 Å². The molecule has 0 radical (unpaired) electrons. The average Bonchev–Trinajstić information content (AvgIpc) is 2.52. The predicted molar refractivity (Wildman–Crippen MR) is 98.2 cm³/mol. The van der Waals surface area contributed by atoms with E-state index < -0.39 is 17.2 Å². The molecule has 9 heteroatoms. The number of benzene rings is 2. The Morgan fingerprint density at radius 2 is 1.89 bits per heavy atom. The Morgan fingerprint density at radius 3 is 2.41 bits per heavy atom. The second-order valence-electron chi connectivity index (χ2n) is 6.09. The van der Waals surface area contributed by atoms with Crippen LogP contribution in [0.3, 0.4) is 0 Å². The summed E-state index contributed by atoms with van der Waals surface area (Å²) in [6, 6.07) is 4.59. The molecule has 0 spiro atoms. The number of phenols is 1. The van der Waals surface area contributed by atoms with Crippen molar-refractivity contribution in [2.75, 3.05) is 5.32 Å². The molecule has 0 atom stereocenters. The molecule has 2 aromatic rings. The average molecular weight is 422 g/mol. The van der Waals surface area contributed by atoms with E-state index in [9.17, 15) is 27.5 Å². The zero-order valence-electron chi connectivity index (χ0n) is 14.5. The van der Waals surface area contributed by atoms with Crippen molar-refractivity contribution in [1.82, 2.24) is 0 Å². The molecule has 146 valence electrons. The number of hydrogen-bond acceptors (Lipinski definition) is 3. The number of aromatic hydroxyl groups is 1. The lowest BCUT2D eigenvalue weighted by Crippen LogP contribution is -2.16. The van der Waals surface area contributed by atoms with Crippen LogP contribution < -0.4 is 5.32 Å². The third kappa shape index (κ3) is 5.07. The van der Waals surface area contributed by atoms with Gasteiger partial charge in [0.05, 0.1) is 16.3 Å². The number of anilines is 1. The fraction of sp³-hybridized carbons (Fsp3) is 0.278. The summed E-state index contributed by atoms with van der Waals surface area (Å²) in [6.07, 6.45) is 0. The van der Waals surface area contributed by atoms with Crippen LogP contribution in [0.25, 0.3) is 0 Å². The van der Waals surface area contributed by atoms with Crippen LogP contribution in [0.15, 0.2) is 29.2 Å². The second kappa shape index (κ2) is 7.98. The quantitative estimate of drug-likeness (QED) is 0.438. The van der Waals surface area contributed by atoms with Gasteiger partial charge in [0.15, 0.2) is 0 Å². The van der Waals surface area contributed by atoms with Crippen LogP contribution in [0, 0.1) is 12.7 Å². The Hall–Kier alpha value is -1.93. The molecule has 1 amide bonds. The van der Waals surface area contributed by atoms with Crippen LogP contribution in [-0.2, 0) is 0 Å². The number of halogens is 5. The fourth-order valence-electron chi connectivity index (χ4n) is 2.45. The molecule has 3 nitrogen and oxygen atoms in total.